The Hall–Kier alpha value is -3.82. The molecule has 1 atom stereocenters. The molecule has 0 saturated heterocycles. The second-order valence-corrected chi connectivity index (χ2v) is 5.93. The fourth-order valence-corrected chi connectivity index (χ4v) is 2.83. The number of fused-ring (bicyclic) bond motifs is 1. The van der Waals surface area contributed by atoms with Gasteiger partial charge in [-0.25, -0.2) is 0 Å². The van der Waals surface area contributed by atoms with Gasteiger partial charge in [0.1, 0.15) is 5.69 Å². The first kappa shape index (κ1) is 18.0. The number of hydrogen-bond acceptors (Lipinski definition) is 7. The molecule has 0 radical (unpaired) electrons. The van der Waals surface area contributed by atoms with Gasteiger partial charge in [-0.3, -0.25) is 29.5 Å². The quantitative estimate of drug-likeness (QED) is 0.360. The Morgan fingerprint density at radius 2 is 1.96 bits per heavy atom. The summed E-state index contributed by atoms with van der Waals surface area (Å²) in [6, 6.07) is 5.22. The first-order chi connectivity index (χ1) is 12.8. The van der Waals surface area contributed by atoms with Crippen molar-refractivity contribution in [2.24, 2.45) is 0 Å². The largest absolute Gasteiger partial charge is 0.468 e. The first-order valence-corrected chi connectivity index (χ1v) is 7.73. The third-order valence-electron chi connectivity index (χ3n) is 4.36. The maximum absolute atomic E-state index is 12.4. The molecular weight excluding hydrogens is 356 g/mol. The van der Waals surface area contributed by atoms with Crippen molar-refractivity contribution in [3.8, 4) is 0 Å². The second kappa shape index (κ2) is 6.48. The zero-order valence-electron chi connectivity index (χ0n) is 14.3. The van der Waals surface area contributed by atoms with Gasteiger partial charge in [0.2, 0.25) is 5.91 Å². The molecule has 1 aliphatic rings. The highest BCUT2D eigenvalue weighted by Crippen LogP contribution is 2.43. The molecule has 0 saturated carbocycles. The molecule has 1 unspecified atom stereocenters. The summed E-state index contributed by atoms with van der Waals surface area (Å²) in [6.45, 7) is 1.35. The van der Waals surface area contributed by atoms with E-state index in [0.717, 1.165) is 13.2 Å². The number of nitro benzene ring substituents is 1. The lowest BCUT2D eigenvalue weighted by Crippen LogP contribution is -2.40. The molecule has 10 heteroatoms. The number of pyridine rings is 1. The van der Waals surface area contributed by atoms with Crippen LogP contribution in [0.1, 0.15) is 22.8 Å². The Morgan fingerprint density at radius 1 is 1.30 bits per heavy atom. The van der Waals surface area contributed by atoms with Crippen LogP contribution in [0.5, 0.6) is 0 Å². The molecule has 1 aromatic carbocycles. The van der Waals surface area contributed by atoms with Crippen LogP contribution in [-0.2, 0) is 19.7 Å². The number of methoxy groups -OCH3 is 1. The molecule has 2 N–H and O–H groups in total. The molecule has 138 valence electrons. The number of ether oxygens (including phenoxy) is 1. The molecular formula is C17H14N4O6. The number of benzene rings is 1. The minimum Gasteiger partial charge on any atom is -0.468 e. The van der Waals surface area contributed by atoms with Gasteiger partial charge in [0.25, 0.3) is 11.6 Å². The van der Waals surface area contributed by atoms with Crippen molar-refractivity contribution in [3.05, 3.63) is 57.9 Å². The van der Waals surface area contributed by atoms with Crippen LogP contribution in [0.2, 0.25) is 0 Å². The average Bonchev–Trinajstić information content (AvgIpc) is 2.92. The van der Waals surface area contributed by atoms with Gasteiger partial charge in [-0.15, -0.1) is 0 Å². The van der Waals surface area contributed by atoms with Crippen molar-refractivity contribution in [3.63, 3.8) is 0 Å². The Kier molecular flexibility index (Phi) is 4.32. The van der Waals surface area contributed by atoms with Gasteiger partial charge < -0.3 is 15.4 Å². The number of nitrogens with one attached hydrogen (secondary N) is 2. The van der Waals surface area contributed by atoms with Crippen molar-refractivity contribution >= 4 is 34.8 Å². The van der Waals surface area contributed by atoms with Crippen LogP contribution in [0, 0.1) is 10.1 Å². The van der Waals surface area contributed by atoms with Crippen LogP contribution < -0.4 is 10.6 Å². The average molecular weight is 370 g/mol. The number of hydrogen-bond donors (Lipinski definition) is 2. The van der Waals surface area contributed by atoms with Crippen molar-refractivity contribution in [1.29, 1.82) is 0 Å². The van der Waals surface area contributed by atoms with Gasteiger partial charge in [-0.1, -0.05) is 0 Å². The van der Waals surface area contributed by atoms with Crippen LogP contribution in [0.15, 0.2) is 36.7 Å². The highest BCUT2D eigenvalue weighted by molar-refractivity contribution is 6.19. The fourth-order valence-electron chi connectivity index (χ4n) is 2.83. The summed E-state index contributed by atoms with van der Waals surface area (Å²) in [7, 11) is 1.14. The predicted molar refractivity (Wildman–Crippen MR) is 93.3 cm³/mol. The van der Waals surface area contributed by atoms with Crippen molar-refractivity contribution < 1.29 is 24.0 Å². The topological polar surface area (TPSA) is 141 Å². The summed E-state index contributed by atoms with van der Waals surface area (Å²) in [5.74, 6) is -2.09. The monoisotopic (exact) mass is 370 g/mol. The van der Waals surface area contributed by atoms with E-state index >= 15 is 0 Å². The number of anilines is 2. The van der Waals surface area contributed by atoms with Crippen molar-refractivity contribution in [1.82, 2.24) is 4.98 Å². The van der Waals surface area contributed by atoms with Gasteiger partial charge in [-0.2, -0.15) is 0 Å². The predicted octanol–water partition coefficient (Wildman–Crippen LogP) is 1.62. The number of carbonyl (C=O) groups excluding carboxylic acids is 3. The van der Waals surface area contributed by atoms with E-state index in [1.165, 1.54) is 37.5 Å². The van der Waals surface area contributed by atoms with E-state index in [1.54, 1.807) is 0 Å². The SMILES string of the molecule is COC(=O)C1(C)C(=O)Nc2cc([N+](=O)[O-])c(NC(=O)c3ccncc3)cc21. The van der Waals surface area contributed by atoms with Gasteiger partial charge in [0, 0.05) is 29.6 Å². The molecule has 0 fully saturated rings. The summed E-state index contributed by atoms with van der Waals surface area (Å²) in [6.07, 6.45) is 2.81. The van der Waals surface area contributed by atoms with E-state index in [2.05, 4.69) is 15.6 Å². The minimum atomic E-state index is -1.69. The molecule has 0 aliphatic carbocycles. The Labute approximate surface area is 152 Å². The molecule has 10 nitrogen and oxygen atoms in total. The van der Waals surface area contributed by atoms with Crippen molar-refractivity contribution in [2.45, 2.75) is 12.3 Å². The first-order valence-electron chi connectivity index (χ1n) is 7.73. The smallest absolute Gasteiger partial charge is 0.325 e. The third kappa shape index (κ3) is 2.86. The molecule has 27 heavy (non-hydrogen) atoms. The number of nitro groups is 1. The standard InChI is InChI=1S/C17H14N4O6/c1-17(16(24)27-2)10-7-12(19-14(22)9-3-5-18-6-4-9)13(21(25)26)8-11(10)20-15(17)23/h3-8H,1-2H3,(H,19,22)(H,20,23). The van der Waals surface area contributed by atoms with E-state index in [4.69, 9.17) is 4.74 Å². The third-order valence-corrected chi connectivity index (χ3v) is 4.36. The van der Waals surface area contributed by atoms with Crippen molar-refractivity contribution in [2.75, 3.05) is 17.7 Å². The molecule has 2 amide bonds. The van der Waals surface area contributed by atoms with E-state index in [-0.39, 0.29) is 22.5 Å². The van der Waals surface area contributed by atoms with Gasteiger partial charge >= 0.3 is 5.97 Å². The molecule has 0 spiro atoms. The van der Waals surface area contributed by atoms with Gasteiger partial charge in [-0.05, 0) is 25.1 Å². The zero-order valence-corrected chi connectivity index (χ0v) is 14.3. The number of aromatic nitrogens is 1. The van der Waals surface area contributed by atoms with Crippen LogP contribution in [0.25, 0.3) is 0 Å². The maximum Gasteiger partial charge on any atom is 0.325 e. The van der Waals surface area contributed by atoms with E-state index in [9.17, 15) is 24.5 Å². The zero-order chi connectivity index (χ0) is 19.8. The molecule has 1 aromatic heterocycles. The number of amides is 2. The van der Waals surface area contributed by atoms with Crippen LogP contribution in [0.4, 0.5) is 17.1 Å². The normalized spacial score (nSPS) is 17.6. The Balaban J connectivity index is 2.10. The summed E-state index contributed by atoms with van der Waals surface area (Å²) in [5.41, 5.74) is -1.73. The lowest BCUT2D eigenvalue weighted by Gasteiger charge is -2.19. The van der Waals surface area contributed by atoms with Crippen LogP contribution in [-0.4, -0.2) is 34.8 Å². The lowest BCUT2D eigenvalue weighted by atomic mass is 9.83. The summed E-state index contributed by atoms with van der Waals surface area (Å²) in [5, 5.41) is 16.3. The lowest BCUT2D eigenvalue weighted by molar-refractivity contribution is -0.383. The van der Waals surface area contributed by atoms with Crippen LogP contribution in [0.3, 0.4) is 0 Å². The van der Waals surface area contributed by atoms with E-state index in [0.29, 0.717) is 0 Å². The number of rotatable bonds is 4. The molecule has 3 rings (SSSR count). The molecule has 2 aromatic rings. The Morgan fingerprint density at radius 3 is 2.56 bits per heavy atom. The highest BCUT2D eigenvalue weighted by Gasteiger charge is 2.51. The number of esters is 1. The number of nitrogens with zero attached hydrogens (tertiary/aromatic N) is 2. The maximum atomic E-state index is 12.4. The highest BCUT2D eigenvalue weighted by atomic mass is 16.6. The van der Waals surface area contributed by atoms with Gasteiger partial charge in [0.05, 0.1) is 17.7 Å². The molecule has 1 aliphatic heterocycles. The van der Waals surface area contributed by atoms with Gasteiger partial charge in [0.15, 0.2) is 5.41 Å². The summed E-state index contributed by atoms with van der Waals surface area (Å²) >= 11 is 0. The van der Waals surface area contributed by atoms with E-state index < -0.39 is 33.8 Å². The minimum absolute atomic E-state index is 0.113. The number of carbonyl (C=O) groups is 3. The molecule has 0 bridgehead atoms. The summed E-state index contributed by atoms with van der Waals surface area (Å²) < 4.78 is 4.70. The second-order valence-electron chi connectivity index (χ2n) is 5.93. The van der Waals surface area contributed by atoms with E-state index in [1.807, 2.05) is 0 Å². The Bertz CT molecular complexity index is 975. The van der Waals surface area contributed by atoms with Crippen LogP contribution >= 0.6 is 0 Å². The molecule has 2 heterocycles. The summed E-state index contributed by atoms with van der Waals surface area (Å²) in [4.78, 5) is 51.4. The fraction of sp³-hybridized carbons (Fsp3) is 0.176.